The Bertz CT molecular complexity index is 229. The third-order valence-electron chi connectivity index (χ3n) is 3.00. The van der Waals surface area contributed by atoms with Gasteiger partial charge in [0.15, 0.2) is 0 Å². The fraction of sp³-hybridized carbons (Fsp3) is 0.923. The predicted octanol–water partition coefficient (Wildman–Crippen LogP) is 1.57. The molecule has 1 fully saturated rings. The summed E-state index contributed by atoms with van der Waals surface area (Å²) in [5.41, 5.74) is -0.612. The minimum absolute atomic E-state index is 0.116. The van der Waals surface area contributed by atoms with Gasteiger partial charge in [-0.3, -0.25) is 9.69 Å². The molecule has 1 rings (SSSR count). The third-order valence-corrected chi connectivity index (χ3v) is 3.00. The number of likely N-dealkylation sites (tertiary alicyclic amines) is 1. The first-order valence-corrected chi connectivity index (χ1v) is 6.58. The molecule has 100 valence electrons. The van der Waals surface area contributed by atoms with Crippen LogP contribution in [-0.2, 0) is 9.53 Å². The number of hydrogen-bond acceptors (Lipinski definition) is 4. The molecule has 1 heterocycles. The molecule has 17 heavy (non-hydrogen) atoms. The van der Waals surface area contributed by atoms with Gasteiger partial charge in [0.05, 0.1) is 18.8 Å². The maximum absolute atomic E-state index is 11.4. The van der Waals surface area contributed by atoms with Gasteiger partial charge in [-0.15, -0.1) is 0 Å². The van der Waals surface area contributed by atoms with Crippen molar-refractivity contribution in [2.24, 2.45) is 0 Å². The van der Waals surface area contributed by atoms with Crippen molar-refractivity contribution in [2.45, 2.75) is 51.6 Å². The highest BCUT2D eigenvalue weighted by Gasteiger charge is 2.16. The molecule has 0 bridgehead atoms. The average molecular weight is 243 g/mol. The van der Waals surface area contributed by atoms with E-state index in [0.717, 1.165) is 32.4 Å². The van der Waals surface area contributed by atoms with Crippen molar-refractivity contribution >= 4 is 5.97 Å². The molecule has 4 nitrogen and oxygen atoms in total. The molecule has 0 aromatic carbocycles. The fourth-order valence-corrected chi connectivity index (χ4v) is 2.01. The molecule has 4 heteroatoms. The lowest BCUT2D eigenvalue weighted by atomic mass is 10.0. The van der Waals surface area contributed by atoms with Crippen molar-refractivity contribution < 1.29 is 14.6 Å². The highest BCUT2D eigenvalue weighted by Crippen LogP contribution is 2.12. The van der Waals surface area contributed by atoms with Crippen LogP contribution < -0.4 is 0 Å². The Kier molecular flexibility index (Phi) is 5.92. The van der Waals surface area contributed by atoms with E-state index in [0.29, 0.717) is 13.2 Å². The van der Waals surface area contributed by atoms with Crippen molar-refractivity contribution in [3.05, 3.63) is 0 Å². The van der Waals surface area contributed by atoms with E-state index >= 15 is 0 Å². The van der Waals surface area contributed by atoms with Gasteiger partial charge in [-0.25, -0.2) is 0 Å². The molecule has 0 aromatic heterocycles. The number of hydrogen-bond donors (Lipinski definition) is 1. The van der Waals surface area contributed by atoms with Crippen LogP contribution in [0.2, 0.25) is 0 Å². The van der Waals surface area contributed by atoms with Crippen LogP contribution in [0.25, 0.3) is 0 Å². The number of unbranched alkanes of at least 4 members (excludes halogenated alkanes) is 1. The average Bonchev–Trinajstić information content (AvgIpc) is 2.68. The molecule has 0 radical (unpaired) electrons. The molecule has 0 saturated carbocycles. The largest absolute Gasteiger partial charge is 0.465 e. The van der Waals surface area contributed by atoms with Gasteiger partial charge in [0.25, 0.3) is 0 Å². The zero-order valence-electron chi connectivity index (χ0n) is 11.1. The predicted molar refractivity (Wildman–Crippen MR) is 66.8 cm³/mol. The van der Waals surface area contributed by atoms with Gasteiger partial charge in [-0.05, 0) is 59.0 Å². The second-order valence-electron chi connectivity index (χ2n) is 5.47. The Balaban J connectivity index is 1.96. The first-order valence-electron chi connectivity index (χ1n) is 6.58. The van der Waals surface area contributed by atoms with Crippen molar-refractivity contribution in [1.82, 2.24) is 4.90 Å². The highest BCUT2D eigenvalue weighted by atomic mass is 16.5. The SMILES string of the molecule is CC(C)(O)CCCCOC(=O)CN1CCCC1. The van der Waals surface area contributed by atoms with Crippen LogP contribution >= 0.6 is 0 Å². The maximum Gasteiger partial charge on any atom is 0.320 e. The second-order valence-corrected chi connectivity index (χ2v) is 5.47. The summed E-state index contributed by atoms with van der Waals surface area (Å²) in [7, 11) is 0. The number of rotatable bonds is 7. The molecular weight excluding hydrogens is 218 g/mol. The van der Waals surface area contributed by atoms with Crippen molar-refractivity contribution in [2.75, 3.05) is 26.2 Å². The molecule has 1 saturated heterocycles. The Hall–Kier alpha value is -0.610. The summed E-state index contributed by atoms with van der Waals surface area (Å²) >= 11 is 0. The standard InChI is InChI=1S/C13H25NO3/c1-13(2,16)7-3-6-10-17-12(15)11-14-8-4-5-9-14/h16H,3-11H2,1-2H3. The Morgan fingerprint density at radius 2 is 1.94 bits per heavy atom. The quantitative estimate of drug-likeness (QED) is 0.544. The van der Waals surface area contributed by atoms with Crippen molar-refractivity contribution in [3.8, 4) is 0 Å². The summed E-state index contributed by atoms with van der Waals surface area (Å²) in [6.45, 7) is 6.55. The second kappa shape index (κ2) is 6.97. The molecular formula is C13H25NO3. The molecule has 0 spiro atoms. The lowest BCUT2D eigenvalue weighted by Crippen LogP contribution is -2.28. The summed E-state index contributed by atoms with van der Waals surface area (Å²) in [6, 6.07) is 0. The number of ether oxygens (including phenoxy) is 1. The first-order chi connectivity index (χ1) is 7.97. The molecule has 0 unspecified atom stereocenters. The number of carbonyl (C=O) groups is 1. The minimum atomic E-state index is -0.612. The van der Waals surface area contributed by atoms with Crippen LogP contribution in [0.15, 0.2) is 0 Å². The van der Waals surface area contributed by atoms with Crippen LogP contribution in [0.3, 0.4) is 0 Å². The van der Waals surface area contributed by atoms with E-state index < -0.39 is 5.60 Å². The zero-order valence-corrected chi connectivity index (χ0v) is 11.1. The van der Waals surface area contributed by atoms with E-state index in [1.165, 1.54) is 12.8 Å². The van der Waals surface area contributed by atoms with Crippen molar-refractivity contribution in [1.29, 1.82) is 0 Å². The van der Waals surface area contributed by atoms with Gasteiger partial charge in [-0.1, -0.05) is 0 Å². The van der Waals surface area contributed by atoms with Gasteiger partial charge in [-0.2, -0.15) is 0 Å². The summed E-state index contributed by atoms with van der Waals surface area (Å²) in [6.07, 6.45) is 4.85. The van der Waals surface area contributed by atoms with Crippen LogP contribution in [0.1, 0.15) is 46.0 Å². The number of carbonyl (C=O) groups excluding carboxylic acids is 1. The Morgan fingerprint density at radius 3 is 2.53 bits per heavy atom. The molecule has 1 aliphatic rings. The van der Waals surface area contributed by atoms with Crippen LogP contribution in [0, 0.1) is 0 Å². The molecule has 0 aromatic rings. The van der Waals surface area contributed by atoms with Crippen LogP contribution in [-0.4, -0.2) is 47.8 Å². The van der Waals surface area contributed by atoms with Crippen LogP contribution in [0.5, 0.6) is 0 Å². The smallest absolute Gasteiger partial charge is 0.320 e. The molecule has 0 atom stereocenters. The number of aliphatic hydroxyl groups is 1. The number of nitrogens with zero attached hydrogens (tertiary/aromatic N) is 1. The van der Waals surface area contributed by atoms with Gasteiger partial charge < -0.3 is 9.84 Å². The Morgan fingerprint density at radius 1 is 1.29 bits per heavy atom. The van der Waals surface area contributed by atoms with E-state index in [4.69, 9.17) is 4.74 Å². The van der Waals surface area contributed by atoms with Crippen molar-refractivity contribution in [3.63, 3.8) is 0 Å². The summed E-state index contributed by atoms with van der Waals surface area (Å²) in [5, 5.41) is 9.50. The van der Waals surface area contributed by atoms with E-state index in [2.05, 4.69) is 4.90 Å². The van der Waals surface area contributed by atoms with E-state index in [1.807, 2.05) is 0 Å². The lowest BCUT2D eigenvalue weighted by Gasteiger charge is -2.16. The topological polar surface area (TPSA) is 49.8 Å². The molecule has 1 N–H and O–H groups in total. The summed E-state index contributed by atoms with van der Waals surface area (Å²) < 4.78 is 5.16. The lowest BCUT2D eigenvalue weighted by molar-refractivity contribution is -0.144. The van der Waals surface area contributed by atoms with Gasteiger partial charge in [0.2, 0.25) is 0 Å². The van der Waals surface area contributed by atoms with Crippen LogP contribution in [0.4, 0.5) is 0 Å². The van der Waals surface area contributed by atoms with E-state index in [-0.39, 0.29) is 5.97 Å². The molecule has 1 aliphatic heterocycles. The van der Waals surface area contributed by atoms with E-state index in [1.54, 1.807) is 13.8 Å². The van der Waals surface area contributed by atoms with E-state index in [9.17, 15) is 9.90 Å². The first kappa shape index (κ1) is 14.5. The zero-order chi connectivity index (χ0) is 12.7. The van der Waals surface area contributed by atoms with Gasteiger partial charge in [0.1, 0.15) is 0 Å². The maximum atomic E-state index is 11.4. The molecule has 0 aliphatic carbocycles. The minimum Gasteiger partial charge on any atom is -0.465 e. The fourth-order valence-electron chi connectivity index (χ4n) is 2.01. The third kappa shape index (κ3) is 7.34. The monoisotopic (exact) mass is 243 g/mol. The summed E-state index contributed by atoms with van der Waals surface area (Å²) in [5.74, 6) is -0.116. The number of esters is 1. The normalized spacial score (nSPS) is 17.4. The summed E-state index contributed by atoms with van der Waals surface area (Å²) in [4.78, 5) is 13.6. The molecule has 0 amide bonds. The van der Waals surface area contributed by atoms with Gasteiger partial charge in [0, 0.05) is 0 Å². The van der Waals surface area contributed by atoms with Gasteiger partial charge >= 0.3 is 5.97 Å². The highest BCUT2D eigenvalue weighted by molar-refractivity contribution is 5.71. The Labute approximate surface area is 104 Å².